The van der Waals surface area contributed by atoms with Crippen molar-refractivity contribution < 1.29 is 4.92 Å². The molecule has 0 spiro atoms. The summed E-state index contributed by atoms with van der Waals surface area (Å²) in [4.78, 5) is 13.0. The standard InChI is InChI=1S/C20H16IN3O2/c1-22(2)15-7-9-17-18-10-8-16(24(25)26)12-20(18)23(19(17)11-15)14-5-3-13(21)4-6-14/h3-12H,1-2H3. The van der Waals surface area contributed by atoms with E-state index in [-0.39, 0.29) is 10.6 Å². The number of nitro benzene ring substituents is 1. The van der Waals surface area contributed by atoms with Crippen molar-refractivity contribution >= 4 is 55.8 Å². The average Bonchev–Trinajstić information content (AvgIpc) is 2.95. The van der Waals surface area contributed by atoms with Gasteiger partial charge >= 0.3 is 0 Å². The van der Waals surface area contributed by atoms with E-state index < -0.39 is 0 Å². The number of nitro groups is 1. The molecule has 0 aliphatic rings. The first-order chi connectivity index (χ1) is 12.5. The SMILES string of the molecule is CN(C)c1ccc2c3ccc([N+](=O)[O-])cc3n(-c3ccc(I)cc3)c2c1. The highest BCUT2D eigenvalue weighted by atomic mass is 127. The summed E-state index contributed by atoms with van der Waals surface area (Å²) in [7, 11) is 4.01. The van der Waals surface area contributed by atoms with Crippen molar-refractivity contribution in [2.75, 3.05) is 19.0 Å². The van der Waals surface area contributed by atoms with Gasteiger partial charge in [0, 0.05) is 51.9 Å². The molecule has 0 aliphatic heterocycles. The lowest BCUT2D eigenvalue weighted by Crippen LogP contribution is -2.08. The largest absolute Gasteiger partial charge is 0.378 e. The Hall–Kier alpha value is -2.61. The quantitative estimate of drug-likeness (QED) is 0.236. The molecule has 3 aromatic carbocycles. The maximum Gasteiger partial charge on any atom is 0.271 e. The van der Waals surface area contributed by atoms with Crippen LogP contribution in [0.3, 0.4) is 0 Å². The van der Waals surface area contributed by atoms with Gasteiger partial charge in [0.15, 0.2) is 0 Å². The van der Waals surface area contributed by atoms with Crippen molar-refractivity contribution in [3.8, 4) is 5.69 Å². The molecule has 130 valence electrons. The topological polar surface area (TPSA) is 51.3 Å². The molecule has 26 heavy (non-hydrogen) atoms. The number of hydrogen-bond donors (Lipinski definition) is 0. The summed E-state index contributed by atoms with van der Waals surface area (Å²) in [5, 5.41) is 13.4. The van der Waals surface area contributed by atoms with Gasteiger partial charge in [-0.25, -0.2) is 0 Å². The van der Waals surface area contributed by atoms with Crippen LogP contribution < -0.4 is 4.90 Å². The first kappa shape index (κ1) is 16.8. The molecule has 0 amide bonds. The molecule has 0 saturated carbocycles. The van der Waals surface area contributed by atoms with Gasteiger partial charge in [0.25, 0.3) is 5.69 Å². The third kappa shape index (κ3) is 2.70. The zero-order valence-electron chi connectivity index (χ0n) is 14.3. The van der Waals surface area contributed by atoms with E-state index in [4.69, 9.17) is 0 Å². The lowest BCUT2D eigenvalue weighted by Gasteiger charge is -2.13. The number of anilines is 1. The van der Waals surface area contributed by atoms with E-state index >= 15 is 0 Å². The van der Waals surface area contributed by atoms with Crippen molar-refractivity contribution in [3.05, 3.63) is 74.3 Å². The Morgan fingerprint density at radius 3 is 2.15 bits per heavy atom. The number of nitrogens with zero attached hydrogens (tertiary/aromatic N) is 3. The van der Waals surface area contributed by atoms with Gasteiger partial charge in [0.05, 0.1) is 16.0 Å². The Kier molecular flexibility index (Phi) is 4.07. The van der Waals surface area contributed by atoms with E-state index in [1.165, 1.54) is 0 Å². The summed E-state index contributed by atoms with van der Waals surface area (Å²) in [6.07, 6.45) is 0. The number of rotatable bonds is 3. The number of aromatic nitrogens is 1. The molecule has 1 heterocycles. The van der Waals surface area contributed by atoms with Crippen molar-refractivity contribution in [2.24, 2.45) is 0 Å². The fraction of sp³-hybridized carbons (Fsp3) is 0.100. The van der Waals surface area contributed by atoms with Gasteiger partial charge in [-0.05, 0) is 65.1 Å². The van der Waals surface area contributed by atoms with E-state index in [9.17, 15) is 10.1 Å². The molecule has 1 aromatic heterocycles. The molecule has 4 aromatic rings. The molecule has 0 saturated heterocycles. The molecule has 5 nitrogen and oxygen atoms in total. The molecule has 0 fully saturated rings. The van der Waals surface area contributed by atoms with Crippen LogP contribution in [-0.2, 0) is 0 Å². The first-order valence-electron chi connectivity index (χ1n) is 8.11. The summed E-state index contributed by atoms with van der Waals surface area (Å²) in [5.41, 5.74) is 4.04. The van der Waals surface area contributed by atoms with Crippen molar-refractivity contribution in [1.82, 2.24) is 4.57 Å². The van der Waals surface area contributed by atoms with Gasteiger partial charge in [-0.15, -0.1) is 0 Å². The van der Waals surface area contributed by atoms with Crippen LogP contribution in [0.4, 0.5) is 11.4 Å². The summed E-state index contributed by atoms with van der Waals surface area (Å²) in [6.45, 7) is 0. The second-order valence-electron chi connectivity index (χ2n) is 6.37. The van der Waals surface area contributed by atoms with Crippen molar-refractivity contribution in [3.63, 3.8) is 0 Å². The zero-order valence-corrected chi connectivity index (χ0v) is 16.5. The Morgan fingerprint density at radius 1 is 0.923 bits per heavy atom. The lowest BCUT2D eigenvalue weighted by atomic mass is 10.1. The zero-order chi connectivity index (χ0) is 18.4. The van der Waals surface area contributed by atoms with Crippen LogP contribution in [0, 0.1) is 13.7 Å². The number of halogens is 1. The number of benzene rings is 3. The smallest absolute Gasteiger partial charge is 0.271 e. The van der Waals surface area contributed by atoms with Crippen molar-refractivity contribution in [1.29, 1.82) is 0 Å². The van der Waals surface area contributed by atoms with E-state index in [1.54, 1.807) is 12.1 Å². The predicted molar refractivity (Wildman–Crippen MR) is 114 cm³/mol. The monoisotopic (exact) mass is 457 g/mol. The molecule has 0 N–H and O–H groups in total. The average molecular weight is 457 g/mol. The highest BCUT2D eigenvalue weighted by Crippen LogP contribution is 2.35. The highest BCUT2D eigenvalue weighted by molar-refractivity contribution is 14.1. The third-order valence-corrected chi connectivity index (χ3v) is 5.27. The van der Waals surface area contributed by atoms with Crippen LogP contribution in [0.15, 0.2) is 60.7 Å². The van der Waals surface area contributed by atoms with Crippen molar-refractivity contribution in [2.45, 2.75) is 0 Å². The summed E-state index contributed by atoms with van der Waals surface area (Å²) in [6, 6.07) is 19.5. The molecule has 6 heteroatoms. The highest BCUT2D eigenvalue weighted by Gasteiger charge is 2.16. The summed E-state index contributed by atoms with van der Waals surface area (Å²) >= 11 is 2.27. The van der Waals surface area contributed by atoms with Gasteiger partial charge in [0.1, 0.15) is 0 Å². The molecule has 0 radical (unpaired) electrons. The Labute approximate surface area is 164 Å². The summed E-state index contributed by atoms with van der Waals surface area (Å²) in [5.74, 6) is 0. The molecular weight excluding hydrogens is 441 g/mol. The molecular formula is C20H16IN3O2. The second-order valence-corrected chi connectivity index (χ2v) is 7.61. The van der Waals surface area contributed by atoms with E-state index in [0.29, 0.717) is 0 Å². The Morgan fingerprint density at radius 2 is 1.54 bits per heavy atom. The Balaban J connectivity index is 2.14. The van der Waals surface area contributed by atoms with Crippen LogP contribution in [-0.4, -0.2) is 23.6 Å². The second kappa shape index (κ2) is 6.28. The predicted octanol–water partition coefficient (Wildman–Crippen LogP) is 5.36. The maximum absolute atomic E-state index is 11.3. The molecule has 0 bridgehead atoms. The van der Waals surface area contributed by atoms with Crippen LogP contribution >= 0.6 is 22.6 Å². The van der Waals surface area contributed by atoms with Gasteiger partial charge in [-0.1, -0.05) is 6.07 Å². The van der Waals surface area contributed by atoms with Crippen LogP contribution in [0.1, 0.15) is 0 Å². The van der Waals surface area contributed by atoms with E-state index in [2.05, 4.69) is 50.3 Å². The van der Waals surface area contributed by atoms with E-state index in [1.807, 2.05) is 44.4 Å². The molecule has 0 atom stereocenters. The number of fused-ring (bicyclic) bond motifs is 3. The minimum atomic E-state index is -0.347. The van der Waals surface area contributed by atoms with Gasteiger partial charge in [-0.3, -0.25) is 10.1 Å². The minimum Gasteiger partial charge on any atom is -0.378 e. The maximum atomic E-state index is 11.3. The van der Waals surface area contributed by atoms with Crippen LogP contribution in [0.25, 0.3) is 27.5 Å². The number of hydrogen-bond acceptors (Lipinski definition) is 3. The van der Waals surface area contributed by atoms with Gasteiger partial charge in [-0.2, -0.15) is 0 Å². The lowest BCUT2D eigenvalue weighted by molar-refractivity contribution is -0.384. The normalized spacial score (nSPS) is 11.2. The van der Waals surface area contributed by atoms with Gasteiger partial charge < -0.3 is 9.47 Å². The molecule has 0 unspecified atom stereocenters. The fourth-order valence-corrected chi connectivity index (χ4v) is 3.62. The molecule has 4 rings (SSSR count). The van der Waals surface area contributed by atoms with Crippen LogP contribution in [0.5, 0.6) is 0 Å². The summed E-state index contributed by atoms with van der Waals surface area (Å²) < 4.78 is 3.24. The van der Waals surface area contributed by atoms with E-state index in [0.717, 1.165) is 36.8 Å². The fourth-order valence-electron chi connectivity index (χ4n) is 3.26. The molecule has 0 aliphatic carbocycles. The van der Waals surface area contributed by atoms with Gasteiger partial charge in [0.2, 0.25) is 0 Å². The Bertz CT molecular complexity index is 1150. The number of non-ortho nitro benzene ring substituents is 1. The third-order valence-electron chi connectivity index (χ3n) is 4.55. The minimum absolute atomic E-state index is 0.0971. The van der Waals surface area contributed by atoms with Crippen LogP contribution in [0.2, 0.25) is 0 Å². The first-order valence-corrected chi connectivity index (χ1v) is 9.19.